The molecule has 4 N–H and O–H groups in total. The van der Waals surface area contributed by atoms with E-state index in [2.05, 4.69) is 30.9 Å². The summed E-state index contributed by atoms with van der Waals surface area (Å²) in [4.78, 5) is 16.7. The Hall–Kier alpha value is -3.99. The first-order valence-electron chi connectivity index (χ1n) is 10.2. The highest BCUT2D eigenvalue weighted by Crippen LogP contribution is 2.29. The molecule has 3 heterocycles. The van der Waals surface area contributed by atoms with Crippen LogP contribution in [0.15, 0.2) is 42.6 Å². The SMILES string of the molecule is COC(=O)NC(c1ccc(F)cc1)c1nc(Nc2cc(C)[nH]n2)c2cc(C(C)(C)O)cn2n1. The third-order valence-corrected chi connectivity index (χ3v) is 5.05. The van der Waals surface area contributed by atoms with Crippen LogP contribution in [0.4, 0.5) is 20.8 Å². The molecule has 4 rings (SSSR count). The van der Waals surface area contributed by atoms with Gasteiger partial charge in [-0.2, -0.15) is 5.10 Å². The van der Waals surface area contributed by atoms with Gasteiger partial charge in [0.2, 0.25) is 0 Å². The summed E-state index contributed by atoms with van der Waals surface area (Å²) in [6.45, 7) is 5.20. The van der Waals surface area contributed by atoms with Crippen molar-refractivity contribution >= 4 is 23.2 Å². The molecular weight excluding hydrogens is 429 g/mol. The van der Waals surface area contributed by atoms with Gasteiger partial charge in [-0.05, 0) is 44.5 Å². The van der Waals surface area contributed by atoms with E-state index in [1.165, 1.54) is 31.4 Å². The minimum atomic E-state index is -1.12. The standard InChI is InChI=1S/C22H24FN7O3/c1-12-9-17(28-27-12)24-19-16-10-14(22(2,3)32)11-30(16)29-20(26-19)18(25-21(31)33-4)13-5-7-15(23)8-6-13/h5-11,18,32H,1-4H3,(H,25,31)(H2,24,26,27,28,29). The molecule has 33 heavy (non-hydrogen) atoms. The summed E-state index contributed by atoms with van der Waals surface area (Å²) in [5.74, 6) is 0.737. The number of aliphatic hydroxyl groups is 1. The lowest BCUT2D eigenvalue weighted by Gasteiger charge is -2.18. The number of anilines is 2. The summed E-state index contributed by atoms with van der Waals surface area (Å²) in [5.41, 5.74) is 1.50. The highest BCUT2D eigenvalue weighted by atomic mass is 19.1. The number of hydrogen-bond donors (Lipinski definition) is 4. The topological polar surface area (TPSA) is 129 Å². The molecule has 1 amide bonds. The summed E-state index contributed by atoms with van der Waals surface area (Å²) in [6.07, 6.45) is 0.983. The van der Waals surface area contributed by atoms with E-state index >= 15 is 0 Å². The number of halogens is 1. The normalized spacial score (nSPS) is 12.5. The predicted octanol–water partition coefficient (Wildman–Crippen LogP) is 3.32. The fourth-order valence-electron chi connectivity index (χ4n) is 3.30. The Morgan fingerprint density at radius 2 is 2.00 bits per heavy atom. The van der Waals surface area contributed by atoms with E-state index < -0.39 is 23.6 Å². The summed E-state index contributed by atoms with van der Waals surface area (Å²) in [5, 5.41) is 28.0. The third-order valence-electron chi connectivity index (χ3n) is 5.05. The van der Waals surface area contributed by atoms with Crippen LogP contribution >= 0.6 is 0 Å². The molecule has 3 aromatic heterocycles. The smallest absolute Gasteiger partial charge is 0.407 e. The highest BCUT2D eigenvalue weighted by molar-refractivity contribution is 5.73. The molecule has 0 aliphatic heterocycles. The van der Waals surface area contributed by atoms with E-state index in [-0.39, 0.29) is 5.82 Å². The van der Waals surface area contributed by atoms with Gasteiger partial charge in [-0.25, -0.2) is 18.7 Å². The van der Waals surface area contributed by atoms with Crippen molar-refractivity contribution in [2.45, 2.75) is 32.4 Å². The van der Waals surface area contributed by atoms with Gasteiger partial charge < -0.3 is 20.5 Å². The molecule has 1 unspecified atom stereocenters. The second-order valence-corrected chi connectivity index (χ2v) is 8.12. The van der Waals surface area contributed by atoms with E-state index in [1.807, 2.05) is 13.0 Å². The van der Waals surface area contributed by atoms with Crippen molar-refractivity contribution in [3.8, 4) is 0 Å². The minimum absolute atomic E-state index is 0.215. The van der Waals surface area contributed by atoms with E-state index in [0.29, 0.717) is 28.3 Å². The van der Waals surface area contributed by atoms with Gasteiger partial charge in [-0.3, -0.25) is 5.10 Å². The minimum Gasteiger partial charge on any atom is -0.453 e. The monoisotopic (exact) mass is 453 g/mol. The van der Waals surface area contributed by atoms with Crippen molar-refractivity contribution in [1.82, 2.24) is 30.1 Å². The number of aromatic nitrogens is 5. The Morgan fingerprint density at radius 3 is 2.61 bits per heavy atom. The zero-order chi connectivity index (χ0) is 23.8. The number of ether oxygens (including phenoxy) is 1. The number of nitrogens with one attached hydrogen (secondary N) is 3. The van der Waals surface area contributed by atoms with Crippen LogP contribution in [-0.2, 0) is 10.3 Å². The van der Waals surface area contributed by atoms with Gasteiger partial charge in [0.05, 0.1) is 12.7 Å². The average molecular weight is 453 g/mol. The van der Waals surface area contributed by atoms with E-state index in [1.54, 1.807) is 30.6 Å². The van der Waals surface area contributed by atoms with Crippen LogP contribution in [0.2, 0.25) is 0 Å². The largest absolute Gasteiger partial charge is 0.453 e. The van der Waals surface area contributed by atoms with Crippen LogP contribution in [-0.4, -0.2) is 43.1 Å². The molecule has 11 heteroatoms. The number of rotatable bonds is 6. The second-order valence-electron chi connectivity index (χ2n) is 8.12. The summed E-state index contributed by atoms with van der Waals surface area (Å²) in [6, 6.07) is 8.38. The van der Waals surface area contributed by atoms with E-state index in [9.17, 15) is 14.3 Å². The second kappa shape index (κ2) is 8.51. The summed E-state index contributed by atoms with van der Waals surface area (Å²) < 4.78 is 19.8. The molecule has 0 aliphatic rings. The van der Waals surface area contributed by atoms with Gasteiger partial charge in [-0.1, -0.05) is 12.1 Å². The first-order valence-corrected chi connectivity index (χ1v) is 10.2. The number of carbonyl (C=O) groups is 1. The van der Waals surface area contributed by atoms with Crippen molar-refractivity contribution in [2.75, 3.05) is 12.4 Å². The molecule has 0 bridgehead atoms. The molecule has 0 radical (unpaired) electrons. The van der Waals surface area contributed by atoms with Crippen molar-refractivity contribution in [3.63, 3.8) is 0 Å². The zero-order valence-electron chi connectivity index (χ0n) is 18.5. The number of hydrogen-bond acceptors (Lipinski definition) is 7. The molecule has 0 spiro atoms. The predicted molar refractivity (Wildman–Crippen MR) is 119 cm³/mol. The number of benzene rings is 1. The lowest BCUT2D eigenvalue weighted by Crippen LogP contribution is -2.31. The van der Waals surface area contributed by atoms with Crippen LogP contribution in [0.1, 0.15) is 42.5 Å². The third kappa shape index (κ3) is 4.77. The molecule has 172 valence electrons. The molecular formula is C22H24FN7O3. The fourth-order valence-corrected chi connectivity index (χ4v) is 3.30. The molecule has 0 saturated carbocycles. The molecule has 1 aromatic carbocycles. The van der Waals surface area contributed by atoms with Crippen LogP contribution in [0.25, 0.3) is 5.52 Å². The van der Waals surface area contributed by atoms with Crippen molar-refractivity contribution in [1.29, 1.82) is 0 Å². The van der Waals surface area contributed by atoms with Crippen molar-refractivity contribution in [2.24, 2.45) is 0 Å². The first kappa shape index (κ1) is 22.2. The quantitative estimate of drug-likeness (QED) is 0.352. The van der Waals surface area contributed by atoms with Crippen LogP contribution in [0.5, 0.6) is 0 Å². The maximum absolute atomic E-state index is 13.5. The van der Waals surface area contributed by atoms with Gasteiger partial charge in [0.25, 0.3) is 0 Å². The number of aryl methyl sites for hydroxylation is 1. The fraction of sp³-hybridized carbons (Fsp3) is 0.273. The van der Waals surface area contributed by atoms with Gasteiger partial charge >= 0.3 is 6.09 Å². The van der Waals surface area contributed by atoms with Crippen molar-refractivity contribution in [3.05, 3.63) is 71.1 Å². The number of aromatic amines is 1. The lowest BCUT2D eigenvalue weighted by molar-refractivity contribution is 0.0786. The maximum atomic E-state index is 13.5. The molecule has 1 atom stereocenters. The van der Waals surface area contributed by atoms with Gasteiger partial charge in [0.1, 0.15) is 17.4 Å². The van der Waals surface area contributed by atoms with Gasteiger partial charge in [-0.15, -0.1) is 5.10 Å². The van der Waals surface area contributed by atoms with E-state index in [4.69, 9.17) is 4.74 Å². The Labute approximate surface area is 188 Å². The summed E-state index contributed by atoms with van der Waals surface area (Å²) >= 11 is 0. The first-order chi connectivity index (χ1) is 15.6. The Balaban J connectivity index is 1.88. The van der Waals surface area contributed by atoms with Crippen LogP contribution in [0, 0.1) is 12.7 Å². The van der Waals surface area contributed by atoms with E-state index in [0.717, 1.165) is 5.69 Å². The van der Waals surface area contributed by atoms with Gasteiger partial charge in [0, 0.05) is 23.5 Å². The Kier molecular flexibility index (Phi) is 5.73. The number of H-pyrrole nitrogens is 1. The lowest BCUT2D eigenvalue weighted by atomic mass is 10.0. The Morgan fingerprint density at radius 1 is 1.27 bits per heavy atom. The van der Waals surface area contributed by atoms with Gasteiger partial charge in [0.15, 0.2) is 17.5 Å². The number of amides is 1. The van der Waals surface area contributed by atoms with Crippen LogP contribution < -0.4 is 10.6 Å². The molecule has 0 saturated heterocycles. The van der Waals surface area contributed by atoms with Crippen LogP contribution in [0.3, 0.4) is 0 Å². The number of fused-ring (bicyclic) bond motifs is 1. The Bertz CT molecular complexity index is 1290. The average Bonchev–Trinajstić information content (AvgIpc) is 3.38. The maximum Gasteiger partial charge on any atom is 0.407 e. The molecule has 10 nitrogen and oxygen atoms in total. The van der Waals surface area contributed by atoms with Crippen molar-refractivity contribution < 1.29 is 19.0 Å². The zero-order valence-corrected chi connectivity index (χ0v) is 18.5. The highest BCUT2D eigenvalue weighted by Gasteiger charge is 2.25. The summed E-state index contributed by atoms with van der Waals surface area (Å²) in [7, 11) is 1.25. The molecule has 0 fully saturated rings. The number of carbonyl (C=O) groups excluding carboxylic acids is 1. The number of alkyl carbamates (subject to hydrolysis) is 1. The molecule has 0 aliphatic carbocycles. The molecule has 4 aromatic rings. The number of nitrogens with zero attached hydrogens (tertiary/aromatic N) is 4. The number of methoxy groups -OCH3 is 1.